The Morgan fingerprint density at radius 2 is 2.08 bits per heavy atom. The molecule has 0 spiro atoms. The van der Waals surface area contributed by atoms with Crippen molar-refractivity contribution in [3.8, 4) is 6.07 Å². The molecule has 0 aliphatic heterocycles. The van der Waals surface area contributed by atoms with Crippen molar-refractivity contribution >= 4 is 5.78 Å². The zero-order valence-corrected chi connectivity index (χ0v) is 14.1. The molecular weight excluding hydrogens is 298 g/mol. The molecule has 0 bridgehead atoms. The predicted octanol–water partition coefficient (Wildman–Crippen LogP) is 3.02. The van der Waals surface area contributed by atoms with Crippen LogP contribution in [-0.2, 0) is 23.7 Å². The highest BCUT2D eigenvalue weighted by Crippen LogP contribution is 2.55. The van der Waals surface area contributed by atoms with E-state index >= 15 is 0 Å². The first-order valence-electron chi connectivity index (χ1n) is 8.60. The van der Waals surface area contributed by atoms with E-state index in [2.05, 4.69) is 24.4 Å². The zero-order chi connectivity index (χ0) is 16.9. The average molecular weight is 319 g/mol. The number of benzene rings is 1. The SMILES string of the molecule is C[C@@H]1C(=O)C(C#N)C[C@@]2(c3ccccc3)c3nn(C)cc3CC[C@@H]12. The highest BCUT2D eigenvalue weighted by atomic mass is 16.1. The first-order valence-corrected chi connectivity index (χ1v) is 8.60. The van der Waals surface area contributed by atoms with Gasteiger partial charge in [0.25, 0.3) is 0 Å². The molecule has 0 amide bonds. The molecule has 2 aliphatic carbocycles. The van der Waals surface area contributed by atoms with Crippen LogP contribution in [-0.4, -0.2) is 15.6 Å². The third-order valence-electron chi connectivity index (χ3n) is 6.05. The number of ketones is 1. The summed E-state index contributed by atoms with van der Waals surface area (Å²) in [5.74, 6) is -0.351. The smallest absolute Gasteiger partial charge is 0.153 e. The van der Waals surface area contributed by atoms with E-state index in [1.54, 1.807) is 0 Å². The van der Waals surface area contributed by atoms with E-state index in [1.165, 1.54) is 11.1 Å². The maximum Gasteiger partial charge on any atom is 0.153 e. The maximum absolute atomic E-state index is 12.7. The average Bonchev–Trinajstić information content (AvgIpc) is 2.99. The highest BCUT2D eigenvalue weighted by molar-refractivity contribution is 5.87. The lowest BCUT2D eigenvalue weighted by molar-refractivity contribution is -0.131. The number of rotatable bonds is 1. The Labute approximate surface area is 142 Å². The van der Waals surface area contributed by atoms with Crippen molar-refractivity contribution in [2.45, 2.75) is 31.6 Å². The van der Waals surface area contributed by atoms with E-state index < -0.39 is 5.92 Å². The van der Waals surface area contributed by atoms with Crippen molar-refractivity contribution in [3.05, 3.63) is 53.3 Å². The van der Waals surface area contributed by atoms with Gasteiger partial charge in [0.2, 0.25) is 0 Å². The first-order chi connectivity index (χ1) is 11.6. The normalized spacial score (nSPS) is 31.9. The minimum absolute atomic E-state index is 0.105. The maximum atomic E-state index is 12.7. The largest absolute Gasteiger partial charge is 0.298 e. The van der Waals surface area contributed by atoms with Crippen LogP contribution in [0.2, 0.25) is 0 Å². The van der Waals surface area contributed by atoms with Crippen molar-refractivity contribution in [1.29, 1.82) is 5.26 Å². The van der Waals surface area contributed by atoms with Crippen LogP contribution in [0.15, 0.2) is 36.5 Å². The van der Waals surface area contributed by atoms with E-state index in [-0.39, 0.29) is 23.0 Å². The number of carbonyl (C=O) groups is 1. The van der Waals surface area contributed by atoms with E-state index in [0.29, 0.717) is 6.42 Å². The standard InChI is InChI=1S/C20H21N3O/c1-13-17-9-8-14-12-23(2)22-19(14)20(17,10-15(11-21)18(13)24)16-6-4-3-5-7-16/h3-7,12-13,15,17H,8-10H2,1-2H3/t13-,15?,17-,20-/m0/s1. The van der Waals surface area contributed by atoms with Crippen LogP contribution in [0.25, 0.3) is 0 Å². The number of aryl methyl sites for hydroxylation is 2. The molecule has 1 heterocycles. The van der Waals surface area contributed by atoms with Gasteiger partial charge in [0.05, 0.1) is 11.8 Å². The Morgan fingerprint density at radius 1 is 1.33 bits per heavy atom. The first kappa shape index (κ1) is 15.1. The summed E-state index contributed by atoms with van der Waals surface area (Å²) >= 11 is 0. The van der Waals surface area contributed by atoms with Gasteiger partial charge in [-0.1, -0.05) is 37.3 Å². The molecule has 1 aromatic heterocycles. The summed E-state index contributed by atoms with van der Waals surface area (Å²) in [7, 11) is 1.95. The van der Waals surface area contributed by atoms with Crippen LogP contribution in [0.5, 0.6) is 0 Å². The molecule has 1 fully saturated rings. The molecule has 0 saturated heterocycles. The lowest BCUT2D eigenvalue weighted by Crippen LogP contribution is -2.52. The molecule has 4 heteroatoms. The summed E-state index contributed by atoms with van der Waals surface area (Å²) in [4.78, 5) is 12.7. The zero-order valence-electron chi connectivity index (χ0n) is 14.1. The number of fused-ring (bicyclic) bond motifs is 3. The van der Waals surface area contributed by atoms with Gasteiger partial charge in [0, 0.05) is 24.6 Å². The van der Waals surface area contributed by atoms with Gasteiger partial charge < -0.3 is 0 Å². The topological polar surface area (TPSA) is 58.7 Å². The summed E-state index contributed by atoms with van der Waals surface area (Å²) in [5, 5.41) is 14.4. The molecule has 1 saturated carbocycles. The number of nitrogens with zero attached hydrogens (tertiary/aromatic N) is 3. The lowest BCUT2D eigenvalue weighted by atomic mass is 9.51. The fourth-order valence-corrected chi connectivity index (χ4v) is 5.01. The van der Waals surface area contributed by atoms with Gasteiger partial charge in [-0.3, -0.25) is 9.48 Å². The minimum Gasteiger partial charge on any atom is -0.298 e. The van der Waals surface area contributed by atoms with E-state index in [4.69, 9.17) is 5.10 Å². The second-order valence-corrected chi connectivity index (χ2v) is 7.24. The molecule has 4 nitrogen and oxygen atoms in total. The second-order valence-electron chi connectivity index (χ2n) is 7.24. The van der Waals surface area contributed by atoms with Crippen molar-refractivity contribution in [3.63, 3.8) is 0 Å². The summed E-state index contributed by atoms with van der Waals surface area (Å²) in [6.45, 7) is 2.00. The Morgan fingerprint density at radius 3 is 2.79 bits per heavy atom. The van der Waals surface area contributed by atoms with Crippen LogP contribution in [0.1, 0.15) is 36.6 Å². The van der Waals surface area contributed by atoms with Gasteiger partial charge >= 0.3 is 0 Å². The third kappa shape index (κ3) is 1.91. The van der Waals surface area contributed by atoms with Gasteiger partial charge in [-0.05, 0) is 36.3 Å². The van der Waals surface area contributed by atoms with Crippen molar-refractivity contribution in [2.24, 2.45) is 24.8 Å². The molecule has 122 valence electrons. The molecule has 4 rings (SSSR count). The Balaban J connectivity index is 2.00. The van der Waals surface area contributed by atoms with Crippen LogP contribution in [0.4, 0.5) is 0 Å². The number of hydrogen-bond acceptors (Lipinski definition) is 3. The summed E-state index contributed by atoms with van der Waals surface area (Å²) in [6, 6.07) is 12.6. The Kier molecular flexibility index (Phi) is 3.35. The van der Waals surface area contributed by atoms with Gasteiger partial charge in [0.15, 0.2) is 5.78 Å². The number of nitriles is 1. The number of hydrogen-bond donors (Lipinski definition) is 0. The van der Waals surface area contributed by atoms with Gasteiger partial charge in [-0.15, -0.1) is 0 Å². The van der Waals surface area contributed by atoms with Crippen LogP contribution in [0.3, 0.4) is 0 Å². The molecule has 0 N–H and O–H groups in total. The number of Topliss-reactive ketones (excluding diaryl/α,β-unsaturated/α-hetero) is 1. The summed E-state index contributed by atoms with van der Waals surface area (Å²) in [5.41, 5.74) is 3.20. The highest BCUT2D eigenvalue weighted by Gasteiger charge is 2.56. The Hall–Kier alpha value is -2.41. The van der Waals surface area contributed by atoms with Crippen molar-refractivity contribution in [2.75, 3.05) is 0 Å². The molecular formula is C20H21N3O. The van der Waals surface area contributed by atoms with E-state index in [0.717, 1.165) is 18.5 Å². The van der Waals surface area contributed by atoms with Crippen LogP contribution in [0, 0.1) is 29.1 Å². The fraction of sp³-hybridized carbons (Fsp3) is 0.450. The monoisotopic (exact) mass is 319 g/mol. The summed E-state index contributed by atoms with van der Waals surface area (Å²) < 4.78 is 1.88. The van der Waals surface area contributed by atoms with Crippen LogP contribution >= 0.6 is 0 Å². The molecule has 4 atom stereocenters. The number of aromatic nitrogens is 2. The minimum atomic E-state index is -0.551. The van der Waals surface area contributed by atoms with E-state index in [1.807, 2.05) is 36.9 Å². The Bertz CT molecular complexity index is 832. The molecule has 24 heavy (non-hydrogen) atoms. The fourth-order valence-electron chi connectivity index (χ4n) is 5.01. The molecule has 0 radical (unpaired) electrons. The van der Waals surface area contributed by atoms with Crippen molar-refractivity contribution in [1.82, 2.24) is 9.78 Å². The number of carbonyl (C=O) groups excluding carboxylic acids is 1. The second kappa shape index (κ2) is 5.31. The van der Waals surface area contributed by atoms with Gasteiger partial charge in [0.1, 0.15) is 5.92 Å². The lowest BCUT2D eigenvalue weighted by Gasteiger charge is -2.50. The van der Waals surface area contributed by atoms with Gasteiger partial charge in [-0.25, -0.2) is 0 Å². The molecule has 2 aliphatic rings. The molecule has 1 aromatic carbocycles. The third-order valence-corrected chi connectivity index (χ3v) is 6.05. The van der Waals surface area contributed by atoms with Gasteiger partial charge in [-0.2, -0.15) is 10.4 Å². The molecule has 2 aromatic rings. The van der Waals surface area contributed by atoms with Crippen molar-refractivity contribution < 1.29 is 4.79 Å². The molecule has 1 unspecified atom stereocenters. The summed E-state index contributed by atoms with van der Waals surface area (Å²) in [6.07, 6.45) is 4.57. The predicted molar refractivity (Wildman–Crippen MR) is 90.1 cm³/mol. The van der Waals surface area contributed by atoms with Crippen LogP contribution < -0.4 is 0 Å². The van der Waals surface area contributed by atoms with E-state index in [9.17, 15) is 10.1 Å². The quantitative estimate of drug-likeness (QED) is 0.812.